The molecule has 1 heterocycles. The Hall–Kier alpha value is -1.88. The number of para-hydroxylation sites is 1. The molecule has 2 rings (SSSR count). The van der Waals surface area contributed by atoms with Crippen molar-refractivity contribution in [2.75, 3.05) is 13.2 Å². The molecule has 0 unspecified atom stereocenters. The maximum atomic E-state index is 11.7. The number of nitrogens with one attached hydrogen (secondary N) is 1. The van der Waals surface area contributed by atoms with Crippen LogP contribution < -0.4 is 10.1 Å². The molecule has 20 heavy (non-hydrogen) atoms. The Labute approximate surface area is 122 Å². The van der Waals surface area contributed by atoms with Gasteiger partial charge in [-0.25, -0.2) is 4.98 Å². The zero-order valence-corrected chi connectivity index (χ0v) is 12.5. The van der Waals surface area contributed by atoms with Crippen LogP contribution in [0.25, 0.3) is 10.6 Å². The molecule has 106 valence electrons. The fourth-order valence-corrected chi connectivity index (χ4v) is 2.56. The summed E-state index contributed by atoms with van der Waals surface area (Å²) in [5.41, 5.74) is 1.39. The number of hydrogen-bond acceptors (Lipinski definition) is 4. The van der Waals surface area contributed by atoms with E-state index < -0.39 is 0 Å². The molecule has 0 aliphatic carbocycles. The summed E-state index contributed by atoms with van der Waals surface area (Å²) < 4.78 is 5.72. The van der Waals surface area contributed by atoms with Gasteiger partial charge in [0.2, 0.25) is 0 Å². The van der Waals surface area contributed by atoms with E-state index in [0.29, 0.717) is 18.8 Å². The first-order valence-electron chi connectivity index (χ1n) is 6.72. The molecular weight excluding hydrogens is 272 g/mol. The van der Waals surface area contributed by atoms with E-state index in [1.165, 1.54) is 11.3 Å². The van der Waals surface area contributed by atoms with Crippen molar-refractivity contribution in [2.45, 2.75) is 20.3 Å². The third-order valence-electron chi connectivity index (χ3n) is 2.65. The Balaban J connectivity index is 2.25. The van der Waals surface area contributed by atoms with E-state index in [2.05, 4.69) is 17.2 Å². The highest BCUT2D eigenvalue weighted by Crippen LogP contribution is 2.32. The molecule has 1 amide bonds. The van der Waals surface area contributed by atoms with Crippen molar-refractivity contribution >= 4 is 17.2 Å². The van der Waals surface area contributed by atoms with E-state index in [0.717, 1.165) is 22.7 Å². The minimum absolute atomic E-state index is 0.137. The molecule has 0 atom stereocenters. The van der Waals surface area contributed by atoms with E-state index in [-0.39, 0.29) is 5.91 Å². The van der Waals surface area contributed by atoms with E-state index in [9.17, 15) is 4.79 Å². The first-order valence-corrected chi connectivity index (χ1v) is 7.60. The number of hydrogen-bond donors (Lipinski definition) is 1. The summed E-state index contributed by atoms with van der Waals surface area (Å²) in [7, 11) is 0. The molecule has 0 saturated heterocycles. The summed E-state index contributed by atoms with van der Waals surface area (Å²) >= 11 is 1.45. The highest BCUT2D eigenvalue weighted by Gasteiger charge is 2.13. The summed E-state index contributed by atoms with van der Waals surface area (Å²) in [6, 6.07) is 7.78. The molecule has 0 spiro atoms. The van der Waals surface area contributed by atoms with Gasteiger partial charge in [-0.05, 0) is 25.5 Å². The minimum Gasteiger partial charge on any atom is -0.493 e. The van der Waals surface area contributed by atoms with E-state index in [1.807, 2.05) is 31.2 Å². The van der Waals surface area contributed by atoms with Crippen molar-refractivity contribution < 1.29 is 9.53 Å². The highest BCUT2D eigenvalue weighted by molar-refractivity contribution is 7.13. The van der Waals surface area contributed by atoms with Crippen molar-refractivity contribution in [1.82, 2.24) is 10.3 Å². The van der Waals surface area contributed by atoms with Crippen LogP contribution >= 0.6 is 11.3 Å². The monoisotopic (exact) mass is 290 g/mol. The summed E-state index contributed by atoms with van der Waals surface area (Å²) in [6.45, 7) is 5.23. The number of carbonyl (C=O) groups is 1. The lowest BCUT2D eigenvalue weighted by molar-refractivity contribution is 0.0951. The molecule has 1 aromatic carbocycles. The zero-order valence-electron chi connectivity index (χ0n) is 11.7. The third kappa shape index (κ3) is 3.36. The lowest BCUT2D eigenvalue weighted by atomic mass is 10.2. The Morgan fingerprint density at radius 2 is 2.15 bits per heavy atom. The number of nitrogens with zero attached hydrogens (tertiary/aromatic N) is 1. The van der Waals surface area contributed by atoms with Crippen molar-refractivity contribution in [1.29, 1.82) is 0 Å². The average Bonchev–Trinajstić information content (AvgIpc) is 2.95. The van der Waals surface area contributed by atoms with Gasteiger partial charge in [-0.3, -0.25) is 4.79 Å². The van der Waals surface area contributed by atoms with Crippen molar-refractivity contribution in [3.8, 4) is 16.3 Å². The van der Waals surface area contributed by atoms with Crippen LogP contribution in [0.2, 0.25) is 0 Å². The fourth-order valence-electron chi connectivity index (χ4n) is 1.73. The van der Waals surface area contributed by atoms with Crippen molar-refractivity contribution in [3.05, 3.63) is 35.3 Å². The fraction of sp³-hybridized carbons (Fsp3) is 0.333. The van der Waals surface area contributed by atoms with Gasteiger partial charge in [0.25, 0.3) is 5.91 Å². The van der Waals surface area contributed by atoms with Gasteiger partial charge in [0.15, 0.2) is 0 Å². The highest BCUT2D eigenvalue weighted by atomic mass is 32.1. The van der Waals surface area contributed by atoms with Crippen LogP contribution in [0.4, 0.5) is 0 Å². The second kappa shape index (κ2) is 7.05. The Kier molecular flexibility index (Phi) is 5.12. The predicted octanol–water partition coefficient (Wildman–Crippen LogP) is 3.35. The average molecular weight is 290 g/mol. The summed E-state index contributed by atoms with van der Waals surface area (Å²) in [5, 5.41) is 5.33. The molecule has 5 heteroatoms. The number of amides is 1. The van der Waals surface area contributed by atoms with Crippen molar-refractivity contribution in [3.63, 3.8) is 0 Å². The van der Waals surface area contributed by atoms with Gasteiger partial charge < -0.3 is 10.1 Å². The molecule has 0 saturated carbocycles. The van der Waals surface area contributed by atoms with Gasteiger partial charge in [-0.2, -0.15) is 0 Å². The van der Waals surface area contributed by atoms with Crippen LogP contribution in [0.15, 0.2) is 29.6 Å². The zero-order chi connectivity index (χ0) is 14.4. The normalized spacial score (nSPS) is 10.3. The lowest BCUT2D eigenvalue weighted by Gasteiger charge is -2.08. The second-order valence-electron chi connectivity index (χ2n) is 4.24. The molecule has 0 fully saturated rings. The summed E-state index contributed by atoms with van der Waals surface area (Å²) in [6.07, 6.45) is 0.955. The first-order chi connectivity index (χ1) is 9.76. The van der Waals surface area contributed by atoms with Crippen LogP contribution in [0.1, 0.15) is 30.8 Å². The lowest BCUT2D eigenvalue weighted by Crippen LogP contribution is -2.22. The van der Waals surface area contributed by atoms with Crippen LogP contribution in [-0.2, 0) is 0 Å². The molecule has 2 aromatic rings. The minimum atomic E-state index is -0.137. The quantitative estimate of drug-likeness (QED) is 0.887. The molecule has 0 aliphatic rings. The third-order valence-corrected chi connectivity index (χ3v) is 3.53. The Morgan fingerprint density at radius 3 is 2.90 bits per heavy atom. The topological polar surface area (TPSA) is 51.2 Å². The Morgan fingerprint density at radius 1 is 1.35 bits per heavy atom. The molecule has 1 aromatic heterocycles. The van der Waals surface area contributed by atoms with Gasteiger partial charge in [-0.15, -0.1) is 11.3 Å². The summed E-state index contributed by atoms with van der Waals surface area (Å²) in [4.78, 5) is 16.1. The van der Waals surface area contributed by atoms with E-state index in [1.54, 1.807) is 5.38 Å². The molecule has 0 bridgehead atoms. The number of benzene rings is 1. The molecule has 0 radical (unpaired) electrons. The van der Waals surface area contributed by atoms with Gasteiger partial charge in [0.05, 0.1) is 12.2 Å². The van der Waals surface area contributed by atoms with E-state index >= 15 is 0 Å². The standard InChI is InChI=1S/C15H18N2O2S/c1-3-9-19-13-8-6-5-7-11(13)15-17-12(10-20-15)14(18)16-4-2/h5-8,10H,3-4,9H2,1-2H3,(H,16,18). The van der Waals surface area contributed by atoms with Crippen molar-refractivity contribution in [2.24, 2.45) is 0 Å². The largest absolute Gasteiger partial charge is 0.493 e. The van der Waals surface area contributed by atoms with Gasteiger partial charge in [-0.1, -0.05) is 19.1 Å². The van der Waals surface area contributed by atoms with Gasteiger partial charge in [0.1, 0.15) is 16.5 Å². The van der Waals surface area contributed by atoms with Gasteiger partial charge in [0, 0.05) is 11.9 Å². The Bertz CT molecular complexity index is 581. The first kappa shape index (κ1) is 14.5. The van der Waals surface area contributed by atoms with Gasteiger partial charge >= 0.3 is 0 Å². The predicted molar refractivity (Wildman–Crippen MR) is 81.3 cm³/mol. The SMILES string of the molecule is CCCOc1ccccc1-c1nc(C(=O)NCC)cs1. The molecule has 1 N–H and O–H groups in total. The van der Waals surface area contributed by atoms with Crippen LogP contribution in [0, 0.1) is 0 Å². The second-order valence-corrected chi connectivity index (χ2v) is 5.10. The maximum absolute atomic E-state index is 11.7. The number of carbonyl (C=O) groups excluding carboxylic acids is 1. The number of aromatic nitrogens is 1. The van der Waals surface area contributed by atoms with Crippen LogP contribution in [-0.4, -0.2) is 24.0 Å². The molecular formula is C15H18N2O2S. The van der Waals surface area contributed by atoms with E-state index in [4.69, 9.17) is 4.74 Å². The number of ether oxygens (including phenoxy) is 1. The number of thiazole rings is 1. The number of rotatable bonds is 6. The smallest absolute Gasteiger partial charge is 0.270 e. The molecule has 0 aliphatic heterocycles. The molecule has 4 nitrogen and oxygen atoms in total. The summed E-state index contributed by atoms with van der Waals surface area (Å²) in [5.74, 6) is 0.674. The maximum Gasteiger partial charge on any atom is 0.270 e. The van der Waals surface area contributed by atoms with Crippen LogP contribution in [0.3, 0.4) is 0 Å². The van der Waals surface area contributed by atoms with Crippen LogP contribution in [0.5, 0.6) is 5.75 Å².